The van der Waals surface area contributed by atoms with E-state index in [4.69, 9.17) is 0 Å². The van der Waals surface area contributed by atoms with Gasteiger partial charge in [-0.1, -0.05) is 36.4 Å². The standard InChI is InChI=1S/C22H26FNO/c23-21-7-5-17(6-8-21)22(25)18-9-11-24(12-10-18)15-16-13-19-3-1-2-4-20(19)14-16/h1-8,16,18,22,25H,9-15H2/t22-/m1/s1. The first-order chi connectivity index (χ1) is 12.2. The van der Waals surface area contributed by atoms with Crippen molar-refractivity contribution in [1.82, 2.24) is 4.90 Å². The molecule has 2 aromatic carbocycles. The van der Waals surface area contributed by atoms with E-state index in [0.717, 1.165) is 44.0 Å². The van der Waals surface area contributed by atoms with E-state index in [0.29, 0.717) is 0 Å². The maximum absolute atomic E-state index is 13.0. The van der Waals surface area contributed by atoms with Crippen molar-refractivity contribution in [2.75, 3.05) is 19.6 Å². The Bertz CT molecular complexity index is 681. The summed E-state index contributed by atoms with van der Waals surface area (Å²) >= 11 is 0. The van der Waals surface area contributed by atoms with E-state index in [1.165, 1.54) is 36.1 Å². The summed E-state index contributed by atoms with van der Waals surface area (Å²) in [4.78, 5) is 2.56. The summed E-state index contributed by atoms with van der Waals surface area (Å²) in [6.45, 7) is 3.26. The lowest BCUT2D eigenvalue weighted by Crippen LogP contribution is -2.38. The van der Waals surface area contributed by atoms with Crippen LogP contribution in [0.25, 0.3) is 0 Å². The average Bonchev–Trinajstić information content (AvgIpc) is 3.05. The van der Waals surface area contributed by atoms with Crippen molar-refractivity contribution in [2.45, 2.75) is 31.8 Å². The van der Waals surface area contributed by atoms with Crippen molar-refractivity contribution in [3.05, 3.63) is 71.0 Å². The van der Waals surface area contributed by atoms with Crippen molar-refractivity contribution >= 4 is 0 Å². The number of fused-ring (bicyclic) bond motifs is 1. The van der Waals surface area contributed by atoms with Crippen LogP contribution in [0.3, 0.4) is 0 Å². The fourth-order valence-corrected chi connectivity index (χ4v) is 4.53. The van der Waals surface area contributed by atoms with E-state index in [-0.39, 0.29) is 11.7 Å². The molecule has 2 aromatic rings. The third kappa shape index (κ3) is 3.78. The Morgan fingerprint density at radius 2 is 1.56 bits per heavy atom. The van der Waals surface area contributed by atoms with Gasteiger partial charge in [-0.15, -0.1) is 0 Å². The van der Waals surface area contributed by atoms with Crippen LogP contribution in [-0.2, 0) is 12.8 Å². The van der Waals surface area contributed by atoms with Crippen LogP contribution in [0.4, 0.5) is 4.39 Å². The monoisotopic (exact) mass is 339 g/mol. The van der Waals surface area contributed by atoms with Crippen LogP contribution in [0.1, 0.15) is 35.6 Å². The molecule has 0 aromatic heterocycles. The van der Waals surface area contributed by atoms with Gasteiger partial charge in [0.1, 0.15) is 5.82 Å². The highest BCUT2D eigenvalue weighted by atomic mass is 19.1. The molecule has 3 heteroatoms. The van der Waals surface area contributed by atoms with Crippen molar-refractivity contribution in [1.29, 1.82) is 0 Å². The third-order valence-corrected chi connectivity index (χ3v) is 5.94. The Morgan fingerprint density at radius 1 is 0.960 bits per heavy atom. The van der Waals surface area contributed by atoms with Gasteiger partial charge in [0.25, 0.3) is 0 Å². The lowest BCUT2D eigenvalue weighted by Gasteiger charge is -2.35. The lowest BCUT2D eigenvalue weighted by molar-refractivity contribution is 0.0546. The molecule has 1 aliphatic heterocycles. The number of halogens is 1. The highest BCUT2D eigenvalue weighted by Gasteiger charge is 2.29. The molecular weight excluding hydrogens is 313 g/mol. The van der Waals surface area contributed by atoms with Crippen LogP contribution in [0.2, 0.25) is 0 Å². The van der Waals surface area contributed by atoms with Gasteiger partial charge >= 0.3 is 0 Å². The number of aliphatic hydroxyl groups excluding tert-OH is 1. The summed E-state index contributed by atoms with van der Waals surface area (Å²) in [6, 6.07) is 15.1. The van der Waals surface area contributed by atoms with Crippen LogP contribution < -0.4 is 0 Å². The van der Waals surface area contributed by atoms with Gasteiger partial charge in [-0.05, 0) is 79.4 Å². The Morgan fingerprint density at radius 3 is 2.16 bits per heavy atom. The van der Waals surface area contributed by atoms with Gasteiger partial charge in [-0.2, -0.15) is 0 Å². The molecule has 4 rings (SSSR count). The zero-order chi connectivity index (χ0) is 17.2. The van der Waals surface area contributed by atoms with Gasteiger partial charge in [0.15, 0.2) is 0 Å². The van der Waals surface area contributed by atoms with Crippen LogP contribution in [-0.4, -0.2) is 29.6 Å². The molecule has 0 unspecified atom stereocenters. The maximum atomic E-state index is 13.0. The summed E-state index contributed by atoms with van der Waals surface area (Å²) in [6.07, 6.45) is 3.96. The second-order valence-corrected chi connectivity index (χ2v) is 7.68. The minimum Gasteiger partial charge on any atom is -0.388 e. The van der Waals surface area contributed by atoms with Crippen molar-refractivity contribution in [2.24, 2.45) is 11.8 Å². The summed E-state index contributed by atoms with van der Waals surface area (Å²) in [5.74, 6) is 0.766. The smallest absolute Gasteiger partial charge is 0.123 e. The molecule has 1 aliphatic carbocycles. The first-order valence-electron chi connectivity index (χ1n) is 9.41. The Labute approximate surface area is 149 Å². The SMILES string of the molecule is O[C@H](c1ccc(F)cc1)C1CCN(CC2Cc3ccccc3C2)CC1. The highest BCUT2D eigenvalue weighted by Crippen LogP contribution is 2.32. The van der Waals surface area contributed by atoms with E-state index < -0.39 is 6.10 Å². The van der Waals surface area contributed by atoms with Gasteiger partial charge in [0.2, 0.25) is 0 Å². The fraction of sp³-hybridized carbons (Fsp3) is 0.455. The molecule has 1 atom stereocenters. The Balaban J connectivity index is 1.28. The molecule has 1 heterocycles. The van der Waals surface area contributed by atoms with Crippen LogP contribution in [0, 0.1) is 17.7 Å². The zero-order valence-electron chi connectivity index (χ0n) is 14.6. The molecule has 1 fully saturated rings. The van der Waals surface area contributed by atoms with E-state index in [1.54, 1.807) is 12.1 Å². The average molecular weight is 339 g/mol. The quantitative estimate of drug-likeness (QED) is 0.910. The van der Waals surface area contributed by atoms with Gasteiger partial charge in [0, 0.05) is 6.54 Å². The summed E-state index contributed by atoms with van der Waals surface area (Å²) in [7, 11) is 0. The molecule has 2 aliphatic rings. The van der Waals surface area contributed by atoms with Gasteiger partial charge < -0.3 is 10.0 Å². The molecule has 1 N–H and O–H groups in total. The van der Waals surface area contributed by atoms with Crippen molar-refractivity contribution in [3.8, 4) is 0 Å². The summed E-state index contributed by atoms with van der Waals surface area (Å²) < 4.78 is 13.0. The number of benzene rings is 2. The zero-order valence-corrected chi connectivity index (χ0v) is 14.6. The molecule has 0 spiro atoms. The van der Waals surface area contributed by atoms with Gasteiger partial charge in [-0.25, -0.2) is 4.39 Å². The van der Waals surface area contributed by atoms with E-state index in [9.17, 15) is 9.50 Å². The van der Waals surface area contributed by atoms with Crippen molar-refractivity contribution < 1.29 is 9.50 Å². The third-order valence-electron chi connectivity index (χ3n) is 5.94. The molecule has 0 radical (unpaired) electrons. The second-order valence-electron chi connectivity index (χ2n) is 7.68. The normalized spacial score (nSPS) is 20.6. The summed E-state index contributed by atoms with van der Waals surface area (Å²) in [5, 5.41) is 10.6. The number of rotatable bonds is 4. The van der Waals surface area contributed by atoms with Crippen LogP contribution in [0.15, 0.2) is 48.5 Å². The van der Waals surface area contributed by atoms with E-state index in [2.05, 4.69) is 29.2 Å². The second kappa shape index (κ2) is 7.27. The minimum absolute atomic E-state index is 0.247. The van der Waals surface area contributed by atoms with Gasteiger partial charge in [0.05, 0.1) is 6.10 Å². The van der Waals surface area contributed by atoms with Crippen LogP contribution in [0.5, 0.6) is 0 Å². The van der Waals surface area contributed by atoms with Crippen molar-refractivity contribution in [3.63, 3.8) is 0 Å². The number of hydrogen-bond acceptors (Lipinski definition) is 2. The molecule has 2 nitrogen and oxygen atoms in total. The molecule has 132 valence electrons. The largest absolute Gasteiger partial charge is 0.388 e. The summed E-state index contributed by atoms with van der Waals surface area (Å²) in [5.41, 5.74) is 3.88. The minimum atomic E-state index is -0.474. The Kier molecular flexibility index (Phi) is 4.87. The van der Waals surface area contributed by atoms with Gasteiger partial charge in [-0.3, -0.25) is 0 Å². The maximum Gasteiger partial charge on any atom is 0.123 e. The molecule has 25 heavy (non-hydrogen) atoms. The van der Waals surface area contributed by atoms with Crippen LogP contribution >= 0.6 is 0 Å². The number of aliphatic hydroxyl groups is 1. The molecule has 0 bridgehead atoms. The number of likely N-dealkylation sites (tertiary alicyclic amines) is 1. The predicted molar refractivity (Wildman–Crippen MR) is 97.9 cm³/mol. The first-order valence-corrected chi connectivity index (χ1v) is 9.41. The van der Waals surface area contributed by atoms with E-state index >= 15 is 0 Å². The predicted octanol–water partition coefficient (Wildman–Crippen LogP) is 3.99. The topological polar surface area (TPSA) is 23.5 Å². The lowest BCUT2D eigenvalue weighted by atomic mass is 9.87. The molecule has 0 amide bonds. The number of hydrogen-bond donors (Lipinski definition) is 1. The number of piperidine rings is 1. The molecule has 0 saturated carbocycles. The molecule has 1 saturated heterocycles. The fourth-order valence-electron chi connectivity index (χ4n) is 4.53. The van der Waals surface area contributed by atoms with E-state index in [1.807, 2.05) is 0 Å². The number of nitrogens with zero attached hydrogens (tertiary/aromatic N) is 1. The first kappa shape index (κ1) is 16.7. The highest BCUT2D eigenvalue weighted by molar-refractivity contribution is 5.32. The Hall–Kier alpha value is -1.71. The molecular formula is C22H26FNO.